The molecule has 0 spiro atoms. The van der Waals surface area contributed by atoms with E-state index >= 15 is 0 Å². The maximum Gasteiger partial charge on any atom is 0.180 e. The van der Waals surface area contributed by atoms with Crippen LogP contribution in [-0.4, -0.2) is 39.0 Å². The number of hydrogen-bond donors (Lipinski definition) is 0. The van der Waals surface area contributed by atoms with Gasteiger partial charge >= 0.3 is 0 Å². The Balaban J connectivity index is 1.73. The molecule has 0 aliphatic rings. The molecular weight excluding hydrogens is 348 g/mol. The third kappa shape index (κ3) is 3.78. The molecule has 26 heavy (non-hydrogen) atoms. The van der Waals surface area contributed by atoms with Gasteiger partial charge in [0.1, 0.15) is 5.76 Å². The van der Waals surface area contributed by atoms with Crippen molar-refractivity contribution in [3.05, 3.63) is 50.9 Å². The van der Waals surface area contributed by atoms with Gasteiger partial charge in [-0.25, -0.2) is 4.98 Å². The van der Waals surface area contributed by atoms with Gasteiger partial charge in [-0.05, 0) is 40.3 Å². The highest BCUT2D eigenvalue weighted by Crippen LogP contribution is 2.21. The van der Waals surface area contributed by atoms with E-state index in [0.29, 0.717) is 18.9 Å². The molecule has 0 saturated heterocycles. The minimum absolute atomic E-state index is 0.0954. The van der Waals surface area contributed by atoms with Gasteiger partial charge in [-0.1, -0.05) is 12.1 Å². The van der Waals surface area contributed by atoms with Crippen molar-refractivity contribution in [3.8, 4) is 5.82 Å². The molecule has 0 saturated carbocycles. The Kier molecular flexibility index (Phi) is 5.38. The predicted molar refractivity (Wildman–Crippen MR) is 102 cm³/mol. The van der Waals surface area contributed by atoms with Crippen LogP contribution in [0.3, 0.4) is 0 Å². The normalized spacial score (nSPS) is 11.5. The molecule has 138 valence electrons. The van der Waals surface area contributed by atoms with Crippen LogP contribution in [0, 0.1) is 20.8 Å². The van der Waals surface area contributed by atoms with Crippen LogP contribution in [0.15, 0.2) is 22.0 Å². The van der Waals surface area contributed by atoms with Gasteiger partial charge in [0.2, 0.25) is 0 Å². The van der Waals surface area contributed by atoms with E-state index in [4.69, 9.17) is 4.52 Å². The molecular formula is C19H24N4O2S. The molecule has 0 unspecified atom stereocenters. The standard InChI is InChI=1S/C19H24N4O2S/c1-6-19-20-15(11-26-19)9-22(5)10-17(24)16-7-12(2)23(14(16)4)18-8-13(3)25-21-18/h7-8,11H,6,9-10H2,1-5H3. The van der Waals surface area contributed by atoms with Gasteiger partial charge in [0.15, 0.2) is 11.6 Å². The molecule has 3 aromatic heterocycles. The molecule has 0 bridgehead atoms. The molecule has 0 N–H and O–H groups in total. The molecule has 0 amide bonds. The van der Waals surface area contributed by atoms with Crippen molar-refractivity contribution in [1.29, 1.82) is 0 Å². The van der Waals surface area contributed by atoms with Crippen LogP contribution in [0.25, 0.3) is 5.82 Å². The minimum atomic E-state index is 0.0954. The maximum atomic E-state index is 12.8. The molecule has 0 aromatic carbocycles. The van der Waals surface area contributed by atoms with Gasteiger partial charge < -0.3 is 4.52 Å². The zero-order valence-corrected chi connectivity index (χ0v) is 16.7. The summed E-state index contributed by atoms with van der Waals surface area (Å²) in [6, 6.07) is 3.79. The van der Waals surface area contributed by atoms with Crippen molar-refractivity contribution in [2.75, 3.05) is 13.6 Å². The summed E-state index contributed by atoms with van der Waals surface area (Å²) in [6.45, 7) is 8.89. The molecule has 6 nitrogen and oxygen atoms in total. The molecule has 0 fully saturated rings. The third-order valence-corrected chi connectivity index (χ3v) is 5.37. The molecule has 0 aliphatic carbocycles. The van der Waals surface area contributed by atoms with Crippen molar-refractivity contribution in [1.82, 2.24) is 19.6 Å². The Hall–Kier alpha value is -2.25. The van der Waals surface area contributed by atoms with E-state index in [0.717, 1.165) is 39.8 Å². The maximum absolute atomic E-state index is 12.8. The molecule has 7 heteroatoms. The van der Waals surface area contributed by atoms with Crippen LogP contribution in [0.4, 0.5) is 0 Å². The summed E-state index contributed by atoms with van der Waals surface area (Å²) in [5, 5.41) is 7.27. The van der Waals surface area contributed by atoms with Gasteiger partial charge in [0.05, 0.1) is 17.2 Å². The highest BCUT2D eigenvalue weighted by atomic mass is 32.1. The number of carbonyl (C=O) groups excluding carboxylic acids is 1. The molecule has 0 atom stereocenters. The first-order chi connectivity index (χ1) is 12.4. The summed E-state index contributed by atoms with van der Waals surface area (Å²) in [5.41, 5.74) is 3.60. The Morgan fingerprint density at radius 3 is 2.69 bits per heavy atom. The minimum Gasteiger partial charge on any atom is -0.360 e. The van der Waals surface area contributed by atoms with E-state index in [1.807, 2.05) is 49.4 Å². The zero-order chi connectivity index (χ0) is 18.8. The number of ketones is 1. The number of thiazole rings is 1. The Morgan fingerprint density at radius 2 is 2.08 bits per heavy atom. The summed E-state index contributed by atoms with van der Waals surface area (Å²) in [4.78, 5) is 19.4. The first-order valence-electron chi connectivity index (χ1n) is 8.66. The lowest BCUT2D eigenvalue weighted by atomic mass is 10.1. The fourth-order valence-electron chi connectivity index (χ4n) is 3.10. The fourth-order valence-corrected chi connectivity index (χ4v) is 3.84. The Bertz CT molecular complexity index is 922. The number of nitrogens with zero attached hydrogens (tertiary/aromatic N) is 4. The zero-order valence-electron chi connectivity index (χ0n) is 15.9. The second-order valence-corrected chi connectivity index (χ2v) is 7.54. The van der Waals surface area contributed by atoms with E-state index in [1.165, 1.54) is 0 Å². The average molecular weight is 372 g/mol. The predicted octanol–water partition coefficient (Wildman–Crippen LogP) is 3.72. The molecule has 3 heterocycles. The van der Waals surface area contributed by atoms with Crippen molar-refractivity contribution >= 4 is 17.1 Å². The Labute approximate surface area is 157 Å². The van der Waals surface area contributed by atoms with Crippen molar-refractivity contribution in [3.63, 3.8) is 0 Å². The summed E-state index contributed by atoms with van der Waals surface area (Å²) in [7, 11) is 1.95. The average Bonchev–Trinajstić information content (AvgIpc) is 3.27. The van der Waals surface area contributed by atoms with Gasteiger partial charge in [-0.3, -0.25) is 14.3 Å². The van der Waals surface area contributed by atoms with E-state index in [1.54, 1.807) is 11.3 Å². The van der Waals surface area contributed by atoms with Crippen LogP contribution in [-0.2, 0) is 13.0 Å². The first kappa shape index (κ1) is 18.5. The van der Waals surface area contributed by atoms with Crippen LogP contribution in [0.2, 0.25) is 0 Å². The molecule has 3 aromatic rings. The quantitative estimate of drug-likeness (QED) is 0.591. The van der Waals surface area contributed by atoms with Crippen molar-refractivity contribution in [2.24, 2.45) is 0 Å². The van der Waals surface area contributed by atoms with Crippen molar-refractivity contribution in [2.45, 2.75) is 40.7 Å². The second-order valence-electron chi connectivity index (χ2n) is 6.60. The summed E-state index contributed by atoms with van der Waals surface area (Å²) in [6.07, 6.45) is 0.945. The van der Waals surface area contributed by atoms with Gasteiger partial charge in [-0.2, -0.15) is 0 Å². The number of likely N-dealkylation sites (N-methyl/N-ethyl adjacent to an activating group) is 1. The topological polar surface area (TPSA) is 64.2 Å². The molecule has 3 rings (SSSR count). The summed E-state index contributed by atoms with van der Waals surface area (Å²) < 4.78 is 7.13. The molecule has 0 radical (unpaired) electrons. The van der Waals surface area contributed by atoms with E-state index < -0.39 is 0 Å². The first-order valence-corrected chi connectivity index (χ1v) is 9.54. The van der Waals surface area contributed by atoms with Gasteiger partial charge in [0.25, 0.3) is 0 Å². The van der Waals surface area contributed by atoms with Crippen LogP contribution >= 0.6 is 11.3 Å². The second kappa shape index (κ2) is 7.55. The third-order valence-electron chi connectivity index (χ3n) is 4.32. The SMILES string of the molecule is CCc1nc(CN(C)CC(=O)c2cc(C)n(-c3cc(C)on3)c2C)cs1. The number of carbonyl (C=O) groups is 1. The van der Waals surface area contributed by atoms with Gasteiger partial charge in [0, 0.05) is 34.9 Å². The van der Waals surface area contributed by atoms with E-state index in [-0.39, 0.29) is 5.78 Å². The van der Waals surface area contributed by atoms with Crippen LogP contribution < -0.4 is 0 Å². The Morgan fingerprint density at radius 1 is 1.31 bits per heavy atom. The van der Waals surface area contributed by atoms with Gasteiger partial charge in [-0.15, -0.1) is 11.3 Å². The van der Waals surface area contributed by atoms with Crippen LogP contribution in [0.5, 0.6) is 0 Å². The highest BCUT2D eigenvalue weighted by molar-refractivity contribution is 7.09. The fraction of sp³-hybridized carbons (Fsp3) is 0.421. The summed E-state index contributed by atoms with van der Waals surface area (Å²) in [5.74, 6) is 1.55. The largest absolute Gasteiger partial charge is 0.360 e. The smallest absolute Gasteiger partial charge is 0.180 e. The lowest BCUT2D eigenvalue weighted by molar-refractivity contribution is 0.0942. The monoisotopic (exact) mass is 372 g/mol. The number of aromatic nitrogens is 3. The lowest BCUT2D eigenvalue weighted by Crippen LogP contribution is -2.26. The number of aryl methyl sites for hydroxylation is 3. The van der Waals surface area contributed by atoms with Crippen molar-refractivity contribution < 1.29 is 9.32 Å². The lowest BCUT2D eigenvalue weighted by Gasteiger charge is -2.14. The number of hydrogen-bond acceptors (Lipinski definition) is 6. The number of Topliss-reactive ketones (excluding diaryl/α,β-unsaturated/α-hetero) is 1. The van der Waals surface area contributed by atoms with E-state index in [2.05, 4.69) is 22.4 Å². The number of rotatable bonds is 7. The van der Waals surface area contributed by atoms with E-state index in [9.17, 15) is 4.79 Å². The molecule has 0 aliphatic heterocycles. The summed E-state index contributed by atoms with van der Waals surface area (Å²) >= 11 is 1.67. The van der Waals surface area contributed by atoms with Crippen LogP contribution in [0.1, 0.15) is 45.1 Å². The highest BCUT2D eigenvalue weighted by Gasteiger charge is 2.19.